The van der Waals surface area contributed by atoms with Gasteiger partial charge in [-0.1, -0.05) is 0 Å². The summed E-state index contributed by atoms with van der Waals surface area (Å²) in [7, 11) is -3.47. The first kappa shape index (κ1) is 11.9. The summed E-state index contributed by atoms with van der Waals surface area (Å²) >= 11 is 5.31. The summed E-state index contributed by atoms with van der Waals surface area (Å²) < 4.78 is 22.8. The monoisotopic (exact) mass is 250 g/mol. The number of aromatic nitrogens is 1. The molecule has 1 heterocycles. The third-order valence-electron chi connectivity index (χ3n) is 1.61. The van der Waals surface area contributed by atoms with Crippen LogP contribution < -0.4 is 0 Å². The molecule has 1 rings (SSSR count). The van der Waals surface area contributed by atoms with Crippen LogP contribution in [0.2, 0.25) is 0 Å². The predicted molar refractivity (Wildman–Crippen MR) is 53.7 cm³/mol. The fraction of sp³-hybridized carbons (Fsp3) is 0.286. The highest BCUT2D eigenvalue weighted by Gasteiger charge is 2.17. The van der Waals surface area contributed by atoms with Crippen molar-refractivity contribution in [1.29, 1.82) is 0 Å². The van der Waals surface area contributed by atoms with Crippen LogP contribution in [0.4, 0.5) is 5.82 Å². The Morgan fingerprint density at radius 3 is 2.53 bits per heavy atom. The third kappa shape index (κ3) is 2.87. The van der Waals surface area contributed by atoms with Crippen LogP contribution in [0.3, 0.4) is 0 Å². The summed E-state index contributed by atoms with van der Waals surface area (Å²) in [6.07, 6.45) is 0.958. The zero-order valence-corrected chi connectivity index (χ0v) is 9.03. The first-order valence-electron chi connectivity index (χ1n) is 3.86. The van der Waals surface area contributed by atoms with E-state index in [1.807, 2.05) is 0 Å². The minimum absolute atomic E-state index is 0.0285. The SMILES string of the molecule is O=[N+]([O-])c1ccc(S(=O)(=O)CCCl)cn1. The molecule has 0 N–H and O–H groups in total. The van der Waals surface area contributed by atoms with Gasteiger partial charge in [0, 0.05) is 11.9 Å². The molecule has 0 atom stereocenters. The van der Waals surface area contributed by atoms with Gasteiger partial charge in [0.15, 0.2) is 16.0 Å². The molecule has 82 valence electrons. The van der Waals surface area contributed by atoms with Gasteiger partial charge in [0.25, 0.3) is 0 Å². The first-order valence-corrected chi connectivity index (χ1v) is 6.05. The zero-order valence-electron chi connectivity index (χ0n) is 7.46. The maximum atomic E-state index is 11.4. The van der Waals surface area contributed by atoms with Crippen molar-refractivity contribution in [3.63, 3.8) is 0 Å². The van der Waals surface area contributed by atoms with Crippen molar-refractivity contribution in [2.75, 3.05) is 11.6 Å². The second-order valence-electron chi connectivity index (χ2n) is 2.62. The molecule has 0 aliphatic carbocycles. The Hall–Kier alpha value is -1.21. The Labute approximate surface area is 91.0 Å². The molecule has 0 spiro atoms. The lowest BCUT2D eigenvalue weighted by Crippen LogP contribution is -2.08. The predicted octanol–water partition coefficient (Wildman–Crippen LogP) is 1.00. The maximum Gasteiger partial charge on any atom is 0.363 e. The summed E-state index contributed by atoms with van der Waals surface area (Å²) in [5.74, 6) is -0.632. The molecule has 0 bridgehead atoms. The molecule has 15 heavy (non-hydrogen) atoms. The van der Waals surface area contributed by atoms with Crippen molar-refractivity contribution in [2.24, 2.45) is 0 Å². The van der Waals surface area contributed by atoms with E-state index in [0.717, 1.165) is 18.3 Å². The molecular weight excluding hydrogens is 244 g/mol. The molecule has 1 aromatic heterocycles. The third-order valence-corrected chi connectivity index (χ3v) is 3.73. The molecule has 0 aromatic carbocycles. The molecule has 1 aromatic rings. The van der Waals surface area contributed by atoms with Gasteiger partial charge in [0.2, 0.25) is 0 Å². The van der Waals surface area contributed by atoms with Crippen LogP contribution in [0.1, 0.15) is 0 Å². The Bertz CT molecular complexity index is 456. The van der Waals surface area contributed by atoms with E-state index in [2.05, 4.69) is 4.98 Å². The first-order chi connectivity index (χ1) is 6.97. The lowest BCUT2D eigenvalue weighted by atomic mass is 10.5. The van der Waals surface area contributed by atoms with Crippen molar-refractivity contribution in [3.05, 3.63) is 28.4 Å². The van der Waals surface area contributed by atoms with Gasteiger partial charge in [0.1, 0.15) is 4.90 Å². The summed E-state index contributed by atoms with van der Waals surface area (Å²) in [4.78, 5) is 12.9. The highest BCUT2D eigenvalue weighted by molar-refractivity contribution is 7.91. The van der Waals surface area contributed by atoms with Crippen molar-refractivity contribution < 1.29 is 13.3 Å². The summed E-state index contributed by atoms with van der Waals surface area (Å²) in [5.41, 5.74) is 0. The number of nitro groups is 1. The number of pyridine rings is 1. The fourth-order valence-electron chi connectivity index (χ4n) is 0.884. The number of sulfone groups is 1. The second-order valence-corrected chi connectivity index (χ2v) is 5.10. The van der Waals surface area contributed by atoms with Crippen LogP contribution in [0.25, 0.3) is 0 Å². The molecule has 0 fully saturated rings. The topological polar surface area (TPSA) is 90.2 Å². The fourth-order valence-corrected chi connectivity index (χ4v) is 2.42. The van der Waals surface area contributed by atoms with Crippen LogP contribution >= 0.6 is 11.6 Å². The Kier molecular flexibility index (Phi) is 3.59. The lowest BCUT2D eigenvalue weighted by molar-refractivity contribution is -0.389. The largest absolute Gasteiger partial charge is 0.363 e. The minimum atomic E-state index is -3.47. The molecule has 0 radical (unpaired) electrons. The van der Waals surface area contributed by atoms with E-state index < -0.39 is 14.8 Å². The Balaban J connectivity index is 3.04. The average molecular weight is 251 g/mol. The molecule has 0 unspecified atom stereocenters. The molecule has 8 heteroatoms. The molecular formula is C7H7ClN2O4S. The van der Waals surface area contributed by atoms with Gasteiger partial charge >= 0.3 is 5.82 Å². The van der Waals surface area contributed by atoms with E-state index in [9.17, 15) is 18.5 Å². The highest BCUT2D eigenvalue weighted by atomic mass is 35.5. The number of alkyl halides is 1. The van der Waals surface area contributed by atoms with Crippen LogP contribution in [0, 0.1) is 10.1 Å². The van der Waals surface area contributed by atoms with Gasteiger partial charge in [-0.2, -0.15) is 0 Å². The van der Waals surface area contributed by atoms with Gasteiger partial charge < -0.3 is 10.1 Å². The van der Waals surface area contributed by atoms with Crippen LogP contribution in [-0.2, 0) is 9.84 Å². The number of hydrogen-bond acceptors (Lipinski definition) is 5. The van der Waals surface area contributed by atoms with E-state index in [1.54, 1.807) is 0 Å². The van der Waals surface area contributed by atoms with E-state index in [1.165, 1.54) is 0 Å². The number of nitrogens with zero attached hydrogens (tertiary/aromatic N) is 2. The normalized spacial score (nSPS) is 11.3. The van der Waals surface area contributed by atoms with Crippen LogP contribution in [0.5, 0.6) is 0 Å². The molecule has 0 amide bonds. The maximum absolute atomic E-state index is 11.4. The van der Waals surface area contributed by atoms with E-state index in [4.69, 9.17) is 11.6 Å². The minimum Gasteiger partial charge on any atom is -0.358 e. The molecule has 0 aliphatic heterocycles. The van der Waals surface area contributed by atoms with Gasteiger partial charge in [-0.25, -0.2) is 8.42 Å². The molecule has 0 aliphatic rings. The number of rotatable bonds is 4. The van der Waals surface area contributed by atoms with Crippen LogP contribution in [-0.4, -0.2) is 30.0 Å². The van der Waals surface area contributed by atoms with Gasteiger partial charge in [-0.3, -0.25) is 0 Å². The van der Waals surface area contributed by atoms with E-state index in [-0.39, 0.29) is 22.3 Å². The number of hydrogen-bond donors (Lipinski definition) is 0. The molecule has 0 saturated carbocycles. The van der Waals surface area contributed by atoms with Gasteiger partial charge in [0.05, 0.1) is 5.75 Å². The van der Waals surface area contributed by atoms with Crippen molar-refractivity contribution in [1.82, 2.24) is 4.98 Å². The Morgan fingerprint density at radius 1 is 1.47 bits per heavy atom. The quantitative estimate of drug-likeness (QED) is 0.452. The van der Waals surface area contributed by atoms with E-state index >= 15 is 0 Å². The molecule has 6 nitrogen and oxygen atoms in total. The summed E-state index contributed by atoms with van der Waals surface area (Å²) in [6.45, 7) is 0. The molecule has 0 saturated heterocycles. The number of halogens is 1. The second kappa shape index (κ2) is 4.54. The van der Waals surface area contributed by atoms with Gasteiger partial charge in [-0.05, 0) is 16.0 Å². The van der Waals surface area contributed by atoms with Crippen molar-refractivity contribution in [3.8, 4) is 0 Å². The van der Waals surface area contributed by atoms with E-state index in [0.29, 0.717) is 0 Å². The van der Waals surface area contributed by atoms with Crippen LogP contribution in [0.15, 0.2) is 23.2 Å². The standard InChI is InChI=1S/C7H7ClN2O4S/c8-3-4-15(13,14)6-1-2-7(9-5-6)10(11)12/h1-2,5H,3-4H2. The Morgan fingerprint density at radius 2 is 2.13 bits per heavy atom. The summed E-state index contributed by atoms with van der Waals surface area (Å²) in [6, 6.07) is 2.19. The van der Waals surface area contributed by atoms with Crippen molar-refractivity contribution in [2.45, 2.75) is 4.90 Å². The smallest absolute Gasteiger partial charge is 0.358 e. The van der Waals surface area contributed by atoms with Crippen molar-refractivity contribution >= 4 is 27.3 Å². The zero-order chi connectivity index (χ0) is 11.5. The van der Waals surface area contributed by atoms with Gasteiger partial charge in [-0.15, -0.1) is 11.6 Å². The summed E-state index contributed by atoms with van der Waals surface area (Å²) in [5, 5.41) is 10.3. The lowest BCUT2D eigenvalue weighted by Gasteiger charge is -1.98. The average Bonchev–Trinajstić information content (AvgIpc) is 2.18. The highest BCUT2D eigenvalue weighted by Crippen LogP contribution is 2.13.